The van der Waals surface area contributed by atoms with Crippen molar-refractivity contribution >= 4 is 45.3 Å². The first kappa shape index (κ1) is 12.1. The van der Waals surface area contributed by atoms with Crippen molar-refractivity contribution in [1.82, 2.24) is 0 Å². The summed E-state index contributed by atoms with van der Waals surface area (Å²) in [6.45, 7) is 3.75. The summed E-state index contributed by atoms with van der Waals surface area (Å²) in [6.07, 6.45) is 2.64. The Balaban J connectivity index is 2.71. The Hall–Kier alpha value is 0.0469. The maximum Gasteiger partial charge on any atom is 0.341 e. The molecule has 0 heterocycles. The Labute approximate surface area is 99.6 Å². The predicted molar refractivity (Wildman–Crippen MR) is 68.4 cm³/mol. The summed E-state index contributed by atoms with van der Waals surface area (Å²) in [4.78, 5) is 0. The molecule has 1 aromatic carbocycles. The topological polar surface area (TPSA) is 0 Å². The lowest BCUT2D eigenvalue weighted by Crippen LogP contribution is -2.10. The standard InChI is InChI=1S/C10H11Cl3Si/c1-2-9-5-3-4-6-10(9)7-8-14(11,12)13/h2-6H,1,7-8H2. The van der Waals surface area contributed by atoms with Gasteiger partial charge in [0.1, 0.15) is 0 Å². The Morgan fingerprint density at radius 2 is 1.86 bits per heavy atom. The number of hydrogen-bond donors (Lipinski definition) is 0. The van der Waals surface area contributed by atoms with Gasteiger partial charge >= 0.3 is 6.00 Å². The van der Waals surface area contributed by atoms with Crippen molar-refractivity contribution in [3.8, 4) is 0 Å². The van der Waals surface area contributed by atoms with Crippen LogP contribution in [0.1, 0.15) is 11.1 Å². The van der Waals surface area contributed by atoms with Crippen LogP contribution in [-0.4, -0.2) is 6.00 Å². The van der Waals surface area contributed by atoms with Crippen LogP contribution in [0.5, 0.6) is 0 Å². The summed E-state index contributed by atoms with van der Waals surface area (Å²) >= 11 is 17.5. The first-order valence-corrected chi connectivity index (χ1v) is 9.54. The molecule has 0 nitrogen and oxygen atoms in total. The van der Waals surface area contributed by atoms with Gasteiger partial charge in [0.05, 0.1) is 0 Å². The average Bonchev–Trinajstić information content (AvgIpc) is 2.14. The largest absolute Gasteiger partial charge is 0.341 e. The number of halogens is 3. The van der Waals surface area contributed by atoms with E-state index in [1.807, 2.05) is 30.3 Å². The molecule has 0 spiro atoms. The van der Waals surface area contributed by atoms with E-state index in [0.29, 0.717) is 6.04 Å². The lowest BCUT2D eigenvalue weighted by molar-refractivity contribution is 1.12. The zero-order valence-corrected chi connectivity index (χ0v) is 10.9. The third kappa shape index (κ3) is 4.05. The second-order valence-corrected chi connectivity index (χ2v) is 12.3. The van der Waals surface area contributed by atoms with E-state index in [1.54, 1.807) is 0 Å². The monoisotopic (exact) mass is 264 g/mol. The lowest BCUT2D eigenvalue weighted by atomic mass is 10.1. The molecule has 0 aliphatic carbocycles. The maximum atomic E-state index is 5.82. The molecule has 0 bridgehead atoms. The van der Waals surface area contributed by atoms with E-state index in [0.717, 1.165) is 12.0 Å². The van der Waals surface area contributed by atoms with Crippen molar-refractivity contribution < 1.29 is 0 Å². The SMILES string of the molecule is C=Cc1ccccc1CC[Si](Cl)(Cl)Cl. The number of aryl methyl sites for hydroxylation is 1. The highest BCUT2D eigenvalue weighted by molar-refractivity contribution is 7.64. The van der Waals surface area contributed by atoms with Crippen molar-refractivity contribution in [3.63, 3.8) is 0 Å². The molecule has 0 atom stereocenters. The highest BCUT2D eigenvalue weighted by Crippen LogP contribution is 2.27. The summed E-state index contributed by atoms with van der Waals surface area (Å²) in [5.74, 6) is 0. The van der Waals surface area contributed by atoms with Gasteiger partial charge in [0.25, 0.3) is 0 Å². The van der Waals surface area contributed by atoms with E-state index in [9.17, 15) is 0 Å². The molecule has 0 saturated heterocycles. The van der Waals surface area contributed by atoms with Crippen LogP contribution in [0, 0.1) is 0 Å². The molecule has 14 heavy (non-hydrogen) atoms. The summed E-state index contributed by atoms with van der Waals surface area (Å²) < 4.78 is 0. The van der Waals surface area contributed by atoms with E-state index in [1.165, 1.54) is 5.56 Å². The molecule has 0 saturated carbocycles. The van der Waals surface area contributed by atoms with Crippen LogP contribution in [0.4, 0.5) is 0 Å². The van der Waals surface area contributed by atoms with Crippen molar-refractivity contribution in [2.75, 3.05) is 0 Å². The molecular formula is C10H11Cl3Si. The van der Waals surface area contributed by atoms with Gasteiger partial charge in [-0.1, -0.05) is 36.9 Å². The Bertz CT molecular complexity index is 317. The van der Waals surface area contributed by atoms with Crippen molar-refractivity contribution in [3.05, 3.63) is 42.0 Å². The van der Waals surface area contributed by atoms with E-state index in [-0.39, 0.29) is 0 Å². The molecule has 0 aliphatic heterocycles. The fourth-order valence-electron chi connectivity index (χ4n) is 1.24. The quantitative estimate of drug-likeness (QED) is 0.554. The zero-order chi connectivity index (χ0) is 10.6. The van der Waals surface area contributed by atoms with Crippen LogP contribution < -0.4 is 0 Å². The zero-order valence-electron chi connectivity index (χ0n) is 7.64. The van der Waals surface area contributed by atoms with E-state index in [2.05, 4.69) is 6.58 Å². The van der Waals surface area contributed by atoms with Gasteiger partial charge in [0.15, 0.2) is 0 Å². The molecule has 0 aliphatic rings. The molecule has 0 amide bonds. The van der Waals surface area contributed by atoms with Crippen LogP contribution >= 0.6 is 33.2 Å². The third-order valence-corrected chi connectivity index (χ3v) is 4.47. The average molecular weight is 266 g/mol. The Kier molecular flexibility index (Phi) is 4.52. The van der Waals surface area contributed by atoms with E-state index >= 15 is 0 Å². The van der Waals surface area contributed by atoms with Gasteiger partial charge in [-0.3, -0.25) is 0 Å². The minimum Gasteiger partial charge on any atom is -0.126 e. The predicted octanol–water partition coefficient (Wildman–Crippen LogP) is 4.53. The molecule has 0 fully saturated rings. The molecule has 0 N–H and O–H groups in total. The van der Waals surface area contributed by atoms with Crippen LogP contribution in [0.25, 0.3) is 6.08 Å². The molecular weight excluding hydrogens is 255 g/mol. The Morgan fingerprint density at radius 3 is 2.43 bits per heavy atom. The fourth-order valence-corrected chi connectivity index (χ4v) is 2.64. The number of rotatable bonds is 4. The van der Waals surface area contributed by atoms with Gasteiger partial charge in [-0.15, -0.1) is 33.2 Å². The van der Waals surface area contributed by atoms with Gasteiger partial charge in [-0.2, -0.15) is 0 Å². The Morgan fingerprint density at radius 1 is 1.21 bits per heavy atom. The molecule has 0 radical (unpaired) electrons. The third-order valence-electron chi connectivity index (χ3n) is 1.95. The van der Waals surface area contributed by atoms with Gasteiger partial charge < -0.3 is 0 Å². The summed E-state index contributed by atoms with van der Waals surface area (Å²) in [6, 6.07) is 6.19. The molecule has 1 aromatic rings. The van der Waals surface area contributed by atoms with Crippen molar-refractivity contribution in [1.29, 1.82) is 0 Å². The van der Waals surface area contributed by atoms with E-state index in [4.69, 9.17) is 33.2 Å². The first-order chi connectivity index (χ1) is 6.53. The second-order valence-electron chi connectivity index (χ2n) is 3.02. The van der Waals surface area contributed by atoms with E-state index < -0.39 is 6.00 Å². The normalized spacial score (nSPS) is 11.4. The first-order valence-electron chi connectivity index (χ1n) is 4.30. The van der Waals surface area contributed by atoms with Crippen LogP contribution in [-0.2, 0) is 6.42 Å². The van der Waals surface area contributed by atoms with Crippen molar-refractivity contribution in [2.45, 2.75) is 12.5 Å². The maximum absolute atomic E-state index is 5.82. The highest BCUT2D eigenvalue weighted by atomic mass is 35.8. The van der Waals surface area contributed by atoms with Crippen molar-refractivity contribution in [2.24, 2.45) is 0 Å². The molecule has 0 aromatic heterocycles. The van der Waals surface area contributed by atoms with Crippen LogP contribution in [0.2, 0.25) is 6.04 Å². The molecule has 76 valence electrons. The number of hydrogen-bond acceptors (Lipinski definition) is 0. The summed E-state index contributed by atoms with van der Waals surface area (Å²) in [7, 11) is 0. The van der Waals surface area contributed by atoms with Gasteiger partial charge in [0, 0.05) is 0 Å². The number of benzene rings is 1. The minimum absolute atomic E-state index is 0.655. The minimum atomic E-state index is -2.49. The molecule has 4 heteroatoms. The summed E-state index contributed by atoms with van der Waals surface area (Å²) in [5, 5.41) is 0. The van der Waals surface area contributed by atoms with Gasteiger partial charge in [-0.25, -0.2) is 0 Å². The fraction of sp³-hybridized carbons (Fsp3) is 0.200. The van der Waals surface area contributed by atoms with Crippen LogP contribution in [0.3, 0.4) is 0 Å². The molecule has 0 unspecified atom stereocenters. The second kappa shape index (κ2) is 5.22. The van der Waals surface area contributed by atoms with Gasteiger partial charge in [-0.05, 0) is 23.6 Å². The molecule has 1 rings (SSSR count). The van der Waals surface area contributed by atoms with Crippen LogP contribution in [0.15, 0.2) is 30.8 Å². The summed E-state index contributed by atoms with van der Waals surface area (Å²) in [5.41, 5.74) is 2.32. The highest BCUT2D eigenvalue weighted by Gasteiger charge is 2.24. The van der Waals surface area contributed by atoms with Gasteiger partial charge in [0.2, 0.25) is 0 Å². The lowest BCUT2D eigenvalue weighted by Gasteiger charge is -2.09. The smallest absolute Gasteiger partial charge is 0.126 e.